The van der Waals surface area contributed by atoms with Crippen molar-refractivity contribution >= 4 is 70.4 Å². The fourth-order valence-corrected chi connectivity index (χ4v) is 12.4. The van der Waals surface area contributed by atoms with Crippen LogP contribution < -0.4 is 4.90 Å². The number of thiophene rings is 1. The number of benzene rings is 9. The van der Waals surface area contributed by atoms with E-state index in [-0.39, 0.29) is 10.8 Å². The molecule has 2 nitrogen and oxygen atoms in total. The molecule has 0 fully saturated rings. The predicted octanol–water partition coefficient (Wildman–Crippen LogP) is 16.9. The number of rotatable bonds is 5. The highest BCUT2D eigenvalue weighted by Gasteiger charge is 2.38. The Kier molecular flexibility index (Phi) is 7.61. The average molecular weight is 825 g/mol. The summed E-state index contributed by atoms with van der Waals surface area (Å²) in [6, 6.07) is 72.6. The first-order valence-corrected chi connectivity index (χ1v) is 22.9. The zero-order valence-electron chi connectivity index (χ0n) is 35.8. The molecule has 3 heteroatoms. The Morgan fingerprint density at radius 3 is 1.73 bits per heavy atom. The molecule has 300 valence electrons. The van der Waals surface area contributed by atoms with Crippen LogP contribution in [0.25, 0.3) is 81.0 Å². The number of hydrogen-bond acceptors (Lipinski definition) is 2. The minimum absolute atomic E-state index is 0.108. The quantitative estimate of drug-likeness (QED) is 0.168. The Hall–Kier alpha value is -7.20. The Morgan fingerprint density at radius 1 is 0.429 bits per heavy atom. The van der Waals surface area contributed by atoms with Gasteiger partial charge < -0.3 is 9.47 Å². The van der Waals surface area contributed by atoms with Crippen molar-refractivity contribution < 1.29 is 0 Å². The highest BCUT2D eigenvalue weighted by atomic mass is 32.1. The average Bonchev–Trinajstić information content (AvgIpc) is 4.00. The molecule has 0 bridgehead atoms. The smallest absolute Gasteiger partial charge is 0.0734 e. The van der Waals surface area contributed by atoms with Crippen LogP contribution in [-0.4, -0.2) is 4.57 Å². The van der Waals surface area contributed by atoms with Crippen LogP contribution in [-0.2, 0) is 10.8 Å². The molecule has 0 saturated heterocycles. The Labute approximate surface area is 371 Å². The SMILES string of the molecule is CC1(C)c2ccccc2-c2ccc(N(c3ccc(-c4ccccc4)cc3)c3ccc4c(c3)C(C)(C)c3cc(-n5c6ccccc6c6sc7ccc8ccccc8c7c65)ccc3-4)cc21. The van der Waals surface area contributed by atoms with Crippen molar-refractivity contribution in [1.82, 2.24) is 4.57 Å². The number of anilines is 3. The first-order valence-electron chi connectivity index (χ1n) is 22.1. The minimum atomic E-state index is -0.243. The molecule has 0 radical (unpaired) electrons. The molecule has 0 N–H and O–H groups in total. The van der Waals surface area contributed by atoms with Gasteiger partial charge in [0.25, 0.3) is 0 Å². The van der Waals surface area contributed by atoms with Crippen LogP contribution in [0, 0.1) is 0 Å². The molecule has 63 heavy (non-hydrogen) atoms. The van der Waals surface area contributed by atoms with Crippen molar-refractivity contribution in [3.8, 4) is 39.1 Å². The van der Waals surface area contributed by atoms with E-state index in [0.29, 0.717) is 0 Å². The van der Waals surface area contributed by atoms with Gasteiger partial charge >= 0.3 is 0 Å². The van der Waals surface area contributed by atoms with Crippen LogP contribution in [0.3, 0.4) is 0 Å². The number of fused-ring (bicyclic) bond motifs is 13. The maximum absolute atomic E-state index is 2.54. The molecular weight excluding hydrogens is 781 g/mol. The number of aromatic nitrogens is 1. The second-order valence-electron chi connectivity index (χ2n) is 18.5. The summed E-state index contributed by atoms with van der Waals surface area (Å²) in [6.45, 7) is 9.56. The van der Waals surface area contributed by atoms with E-state index in [9.17, 15) is 0 Å². The molecule has 0 aliphatic heterocycles. The summed E-state index contributed by atoms with van der Waals surface area (Å²) < 4.78 is 5.21. The Balaban J connectivity index is 0.963. The van der Waals surface area contributed by atoms with E-state index in [2.05, 4.69) is 231 Å². The largest absolute Gasteiger partial charge is 0.310 e. The first-order chi connectivity index (χ1) is 30.8. The van der Waals surface area contributed by atoms with Gasteiger partial charge in [-0.25, -0.2) is 0 Å². The van der Waals surface area contributed by atoms with Crippen molar-refractivity contribution in [2.75, 3.05) is 4.90 Å². The van der Waals surface area contributed by atoms with Crippen LogP contribution in [0.4, 0.5) is 17.1 Å². The molecular formula is C60H44N2S. The van der Waals surface area contributed by atoms with Gasteiger partial charge in [0.1, 0.15) is 0 Å². The van der Waals surface area contributed by atoms with Gasteiger partial charge in [-0.2, -0.15) is 0 Å². The standard InChI is InChI=1S/C60H44N2S/c1-59(2)50-20-12-10-18-45(50)46-30-27-41(34-51(46)59)61(40-25-22-38(23-26-40)37-14-6-5-7-15-37)42-28-31-47-48-32-29-43(36-53(48)60(3,4)52(47)35-42)62-54-21-13-11-19-49(54)58-57(62)56-44-17-9-8-16-39(44)24-33-55(56)63-58/h5-36H,1-4H3. The molecule has 0 spiro atoms. The van der Waals surface area contributed by atoms with Gasteiger partial charge in [-0.1, -0.05) is 161 Å². The monoisotopic (exact) mass is 824 g/mol. The molecule has 2 aliphatic carbocycles. The Morgan fingerprint density at radius 2 is 0.984 bits per heavy atom. The van der Waals surface area contributed by atoms with Crippen molar-refractivity contribution in [1.29, 1.82) is 0 Å². The molecule has 2 heterocycles. The predicted molar refractivity (Wildman–Crippen MR) is 269 cm³/mol. The van der Waals surface area contributed by atoms with Crippen LogP contribution in [0.5, 0.6) is 0 Å². The maximum atomic E-state index is 2.54. The molecule has 11 aromatic rings. The lowest BCUT2D eigenvalue weighted by molar-refractivity contribution is 0.659. The number of hydrogen-bond donors (Lipinski definition) is 0. The fraction of sp³-hybridized carbons (Fsp3) is 0.100. The van der Waals surface area contributed by atoms with Crippen molar-refractivity contribution in [2.45, 2.75) is 38.5 Å². The lowest BCUT2D eigenvalue weighted by Gasteiger charge is -2.30. The van der Waals surface area contributed by atoms with E-state index in [1.807, 2.05) is 11.3 Å². The summed E-state index contributed by atoms with van der Waals surface area (Å²) in [5.41, 5.74) is 20.1. The van der Waals surface area contributed by atoms with Crippen LogP contribution >= 0.6 is 11.3 Å². The molecule has 0 atom stereocenters. The topological polar surface area (TPSA) is 8.17 Å². The van der Waals surface area contributed by atoms with Gasteiger partial charge in [0, 0.05) is 49.1 Å². The maximum Gasteiger partial charge on any atom is 0.0734 e. The number of nitrogens with zero attached hydrogens (tertiary/aromatic N) is 2. The normalized spacial score (nSPS) is 14.3. The van der Waals surface area contributed by atoms with E-state index in [4.69, 9.17) is 0 Å². The van der Waals surface area contributed by atoms with E-state index in [1.165, 1.54) is 103 Å². The molecule has 0 saturated carbocycles. The van der Waals surface area contributed by atoms with Crippen molar-refractivity contribution in [3.05, 3.63) is 216 Å². The zero-order valence-corrected chi connectivity index (χ0v) is 36.6. The molecule has 0 unspecified atom stereocenters. The van der Waals surface area contributed by atoms with E-state index >= 15 is 0 Å². The molecule has 13 rings (SSSR count). The van der Waals surface area contributed by atoms with Gasteiger partial charge in [0.15, 0.2) is 0 Å². The lowest BCUT2D eigenvalue weighted by Crippen LogP contribution is -2.18. The third kappa shape index (κ3) is 5.18. The highest BCUT2D eigenvalue weighted by molar-refractivity contribution is 7.27. The molecule has 0 amide bonds. The summed E-state index contributed by atoms with van der Waals surface area (Å²) in [5, 5.41) is 5.23. The summed E-state index contributed by atoms with van der Waals surface area (Å²) in [4.78, 5) is 2.47. The summed E-state index contributed by atoms with van der Waals surface area (Å²) >= 11 is 1.91. The summed E-state index contributed by atoms with van der Waals surface area (Å²) in [7, 11) is 0. The summed E-state index contributed by atoms with van der Waals surface area (Å²) in [5.74, 6) is 0. The molecule has 9 aromatic carbocycles. The second-order valence-corrected chi connectivity index (χ2v) is 19.6. The molecule has 2 aliphatic rings. The van der Waals surface area contributed by atoms with Gasteiger partial charge in [-0.3, -0.25) is 0 Å². The summed E-state index contributed by atoms with van der Waals surface area (Å²) in [6.07, 6.45) is 0. The van der Waals surface area contributed by atoms with Gasteiger partial charge in [0.2, 0.25) is 0 Å². The first kappa shape index (κ1) is 36.5. The number of para-hydroxylation sites is 1. The fourth-order valence-electron chi connectivity index (χ4n) is 11.2. The second kappa shape index (κ2) is 13.2. The zero-order chi connectivity index (χ0) is 42.2. The van der Waals surface area contributed by atoms with Crippen LogP contribution in [0.2, 0.25) is 0 Å². The molecule has 2 aromatic heterocycles. The third-order valence-electron chi connectivity index (χ3n) is 14.4. The Bertz CT molecular complexity index is 3680. The lowest BCUT2D eigenvalue weighted by atomic mass is 9.82. The van der Waals surface area contributed by atoms with E-state index in [0.717, 1.165) is 17.1 Å². The minimum Gasteiger partial charge on any atom is -0.310 e. The van der Waals surface area contributed by atoms with E-state index < -0.39 is 0 Å². The third-order valence-corrected chi connectivity index (χ3v) is 15.6. The highest BCUT2D eigenvalue weighted by Crippen LogP contribution is 2.54. The van der Waals surface area contributed by atoms with Gasteiger partial charge in [-0.05, 0) is 127 Å². The van der Waals surface area contributed by atoms with Gasteiger partial charge in [0.05, 0.1) is 15.7 Å². The van der Waals surface area contributed by atoms with Crippen LogP contribution in [0.1, 0.15) is 49.9 Å². The van der Waals surface area contributed by atoms with Crippen molar-refractivity contribution in [3.63, 3.8) is 0 Å². The van der Waals surface area contributed by atoms with Crippen molar-refractivity contribution in [2.24, 2.45) is 0 Å². The van der Waals surface area contributed by atoms with E-state index in [1.54, 1.807) is 0 Å². The van der Waals surface area contributed by atoms with Crippen LogP contribution in [0.15, 0.2) is 194 Å². The van der Waals surface area contributed by atoms with Gasteiger partial charge in [-0.15, -0.1) is 11.3 Å².